The maximum Gasteiger partial charge on any atom is 0.293 e. The number of carbonyl (C=O) groups excluding carboxylic acids is 2. The summed E-state index contributed by atoms with van der Waals surface area (Å²) in [6.07, 6.45) is 0. The van der Waals surface area contributed by atoms with Crippen LogP contribution in [0.1, 0.15) is 24.2 Å². The molecule has 0 bridgehead atoms. The van der Waals surface area contributed by atoms with E-state index in [4.69, 9.17) is 17.0 Å². The van der Waals surface area contributed by atoms with E-state index in [9.17, 15) is 19.7 Å². The van der Waals surface area contributed by atoms with Gasteiger partial charge in [-0.2, -0.15) is 0 Å². The predicted molar refractivity (Wildman–Crippen MR) is 150 cm³/mol. The van der Waals surface area contributed by atoms with Crippen molar-refractivity contribution in [3.8, 4) is 0 Å². The number of hydrogen-bond acceptors (Lipinski definition) is 8. The minimum Gasteiger partial charge on any atom is -0.378 e. The molecule has 0 saturated carbocycles. The number of anilines is 3. The first-order chi connectivity index (χ1) is 18.2. The number of carbonyl (C=O) groups is 2. The molecule has 11 nitrogen and oxygen atoms in total. The highest BCUT2D eigenvalue weighted by Gasteiger charge is 2.24. The molecule has 2 aromatic rings. The van der Waals surface area contributed by atoms with Crippen molar-refractivity contribution in [2.24, 2.45) is 5.92 Å². The van der Waals surface area contributed by atoms with Crippen LogP contribution in [0.25, 0.3) is 0 Å². The lowest BCUT2D eigenvalue weighted by Gasteiger charge is -2.37. The molecular formula is C26H32N6O5S. The van der Waals surface area contributed by atoms with Crippen LogP contribution in [0.5, 0.6) is 0 Å². The summed E-state index contributed by atoms with van der Waals surface area (Å²) in [5.41, 5.74) is 2.20. The number of nitrogens with zero attached hydrogens (tertiary/aromatic N) is 4. The van der Waals surface area contributed by atoms with E-state index in [1.807, 2.05) is 47.9 Å². The third-order valence-corrected chi connectivity index (χ3v) is 6.79. The van der Waals surface area contributed by atoms with E-state index in [0.717, 1.165) is 18.8 Å². The van der Waals surface area contributed by atoms with Gasteiger partial charge in [-0.1, -0.05) is 13.8 Å². The summed E-state index contributed by atoms with van der Waals surface area (Å²) >= 11 is 5.29. The number of nitrogens with one attached hydrogen (secondary N) is 2. The van der Waals surface area contributed by atoms with Crippen molar-refractivity contribution in [2.45, 2.75) is 13.8 Å². The van der Waals surface area contributed by atoms with Crippen molar-refractivity contribution in [1.82, 2.24) is 10.2 Å². The van der Waals surface area contributed by atoms with Crippen molar-refractivity contribution >= 4 is 51.9 Å². The minimum atomic E-state index is -0.537. The molecule has 0 spiro atoms. The van der Waals surface area contributed by atoms with E-state index in [2.05, 4.69) is 15.5 Å². The molecule has 2 aliphatic rings. The summed E-state index contributed by atoms with van der Waals surface area (Å²) in [4.78, 5) is 42.2. The second-order valence-corrected chi connectivity index (χ2v) is 9.89. The Morgan fingerprint density at radius 3 is 2.24 bits per heavy atom. The lowest BCUT2D eigenvalue weighted by Crippen LogP contribution is -2.49. The quantitative estimate of drug-likeness (QED) is 0.324. The largest absolute Gasteiger partial charge is 0.378 e. The van der Waals surface area contributed by atoms with E-state index >= 15 is 0 Å². The van der Waals surface area contributed by atoms with Crippen molar-refractivity contribution in [3.05, 3.63) is 58.1 Å². The minimum absolute atomic E-state index is 0.000752. The van der Waals surface area contributed by atoms with E-state index in [1.54, 1.807) is 12.1 Å². The van der Waals surface area contributed by atoms with E-state index in [0.29, 0.717) is 50.8 Å². The average molecular weight is 541 g/mol. The molecule has 12 heteroatoms. The lowest BCUT2D eigenvalue weighted by molar-refractivity contribution is -0.384. The van der Waals surface area contributed by atoms with Gasteiger partial charge in [-0.25, -0.2) is 0 Å². The summed E-state index contributed by atoms with van der Waals surface area (Å²) in [5, 5.41) is 17.3. The number of amides is 2. The van der Waals surface area contributed by atoms with Crippen LogP contribution in [0, 0.1) is 16.0 Å². The number of benzene rings is 2. The highest BCUT2D eigenvalue weighted by atomic mass is 32.1. The smallest absolute Gasteiger partial charge is 0.293 e. The molecule has 2 N–H and O–H groups in total. The van der Waals surface area contributed by atoms with Crippen LogP contribution in [0.3, 0.4) is 0 Å². The van der Waals surface area contributed by atoms with Gasteiger partial charge in [0.15, 0.2) is 5.11 Å². The Bertz CT molecular complexity index is 1190. The molecule has 4 rings (SSSR count). The van der Waals surface area contributed by atoms with Crippen molar-refractivity contribution in [2.75, 3.05) is 67.6 Å². The predicted octanol–water partition coefficient (Wildman–Crippen LogP) is 2.86. The summed E-state index contributed by atoms with van der Waals surface area (Å²) in [6.45, 7) is 8.83. The Morgan fingerprint density at radius 1 is 0.974 bits per heavy atom. The molecule has 2 amide bonds. The number of rotatable bonds is 6. The highest BCUT2D eigenvalue weighted by Crippen LogP contribution is 2.30. The zero-order chi connectivity index (χ0) is 27.2. The van der Waals surface area contributed by atoms with Gasteiger partial charge in [0, 0.05) is 68.2 Å². The van der Waals surface area contributed by atoms with Crippen LogP contribution < -0.4 is 20.4 Å². The van der Waals surface area contributed by atoms with Crippen LogP contribution in [0.2, 0.25) is 0 Å². The molecular weight excluding hydrogens is 508 g/mol. The van der Waals surface area contributed by atoms with Crippen LogP contribution in [-0.4, -0.2) is 79.2 Å². The number of thiocarbonyl (C=S) groups is 1. The normalized spacial score (nSPS) is 15.8. The van der Waals surface area contributed by atoms with Gasteiger partial charge < -0.3 is 24.8 Å². The summed E-state index contributed by atoms with van der Waals surface area (Å²) in [6, 6.07) is 12.1. The second kappa shape index (κ2) is 12.2. The first kappa shape index (κ1) is 27.3. The van der Waals surface area contributed by atoms with E-state index in [1.165, 1.54) is 6.07 Å². The highest BCUT2D eigenvalue weighted by molar-refractivity contribution is 7.80. The average Bonchev–Trinajstić information content (AvgIpc) is 2.93. The van der Waals surface area contributed by atoms with Gasteiger partial charge in [-0.3, -0.25) is 25.0 Å². The van der Waals surface area contributed by atoms with Gasteiger partial charge >= 0.3 is 0 Å². The third-order valence-electron chi connectivity index (χ3n) is 6.59. The van der Waals surface area contributed by atoms with Gasteiger partial charge in [-0.15, -0.1) is 0 Å². The molecule has 2 aromatic carbocycles. The fourth-order valence-corrected chi connectivity index (χ4v) is 4.74. The maximum atomic E-state index is 12.8. The molecule has 2 fully saturated rings. The van der Waals surface area contributed by atoms with Crippen LogP contribution in [0.4, 0.5) is 22.7 Å². The lowest BCUT2D eigenvalue weighted by atomic mass is 10.1. The summed E-state index contributed by atoms with van der Waals surface area (Å²) < 4.78 is 5.32. The Labute approximate surface area is 226 Å². The molecule has 2 aliphatic heterocycles. The number of ether oxygens (including phenoxy) is 1. The monoisotopic (exact) mass is 540 g/mol. The zero-order valence-electron chi connectivity index (χ0n) is 21.5. The number of nitro groups is 1. The molecule has 0 radical (unpaired) electrons. The van der Waals surface area contributed by atoms with Crippen molar-refractivity contribution in [3.63, 3.8) is 0 Å². The zero-order valence-corrected chi connectivity index (χ0v) is 22.3. The van der Waals surface area contributed by atoms with Crippen LogP contribution in [-0.2, 0) is 9.53 Å². The number of hydrogen-bond donors (Lipinski definition) is 2. The van der Waals surface area contributed by atoms with Crippen LogP contribution in [0.15, 0.2) is 42.5 Å². The van der Waals surface area contributed by atoms with Gasteiger partial charge in [0.05, 0.1) is 18.1 Å². The third kappa shape index (κ3) is 6.56. The van der Waals surface area contributed by atoms with Gasteiger partial charge in [-0.05, 0) is 48.6 Å². The van der Waals surface area contributed by atoms with E-state index < -0.39 is 10.8 Å². The standard InChI is InChI=1S/C26H32N6O5S/c1-18(2)25(34)31-11-9-29(10-12-31)21-6-4-20(5-7-21)27-26(38)28-24(33)19-3-8-22(23(17-19)32(35)36)30-13-15-37-16-14-30/h3-8,17-18H,9-16H2,1-2H3,(H2,27,28,33,38). The molecule has 0 aliphatic carbocycles. The Kier molecular flexibility index (Phi) is 8.74. The summed E-state index contributed by atoms with van der Waals surface area (Å²) in [7, 11) is 0. The van der Waals surface area contributed by atoms with Gasteiger partial charge in [0.25, 0.3) is 11.6 Å². The molecule has 0 aromatic heterocycles. The SMILES string of the molecule is CC(C)C(=O)N1CCN(c2ccc(NC(=S)NC(=O)c3ccc(N4CCOCC4)c([N+](=O)[O-])c3)cc2)CC1. The molecule has 2 saturated heterocycles. The number of nitro benzene ring substituents is 1. The van der Waals surface area contributed by atoms with Crippen molar-refractivity contribution < 1.29 is 19.2 Å². The van der Waals surface area contributed by atoms with Gasteiger partial charge in [0.2, 0.25) is 5.91 Å². The summed E-state index contributed by atoms with van der Waals surface area (Å²) in [5.74, 6) is -0.354. The van der Waals surface area contributed by atoms with E-state index in [-0.39, 0.29) is 28.2 Å². The number of morpholine rings is 1. The molecule has 38 heavy (non-hydrogen) atoms. The van der Waals surface area contributed by atoms with Crippen molar-refractivity contribution in [1.29, 1.82) is 0 Å². The molecule has 2 heterocycles. The molecule has 0 unspecified atom stereocenters. The first-order valence-electron chi connectivity index (χ1n) is 12.6. The molecule has 202 valence electrons. The van der Waals surface area contributed by atoms with Crippen LogP contribution >= 0.6 is 12.2 Å². The number of piperazine rings is 1. The second-order valence-electron chi connectivity index (χ2n) is 9.48. The fourth-order valence-electron chi connectivity index (χ4n) is 4.53. The van der Waals surface area contributed by atoms with Gasteiger partial charge in [0.1, 0.15) is 5.69 Å². The Morgan fingerprint density at radius 2 is 1.63 bits per heavy atom. The molecule has 0 atom stereocenters. The fraction of sp³-hybridized carbons (Fsp3) is 0.423. The Balaban J connectivity index is 1.32. The first-order valence-corrected chi connectivity index (χ1v) is 13.0. The Hall–Kier alpha value is -3.77. The topological polar surface area (TPSA) is 120 Å². The maximum absolute atomic E-state index is 12.8.